The first-order valence-corrected chi connectivity index (χ1v) is 2.76. The zero-order valence-electron chi connectivity index (χ0n) is 5.59. The van der Waals surface area contributed by atoms with Gasteiger partial charge in [0.15, 0.2) is 6.54 Å². The molecule has 10 heavy (non-hydrogen) atoms. The second-order valence-corrected chi connectivity index (χ2v) is 1.58. The monoisotopic (exact) mass is 144 g/mol. The zero-order chi connectivity index (χ0) is 7.98. The number of aliphatic imine (C=N–C) groups is 1. The van der Waals surface area contributed by atoms with Gasteiger partial charge in [0.05, 0.1) is 6.54 Å². The van der Waals surface area contributed by atoms with Crippen LogP contribution in [-0.4, -0.2) is 31.6 Å². The van der Waals surface area contributed by atoms with E-state index in [0.29, 0.717) is 0 Å². The van der Waals surface area contributed by atoms with E-state index >= 15 is 0 Å². The van der Waals surface area contributed by atoms with Crippen molar-refractivity contribution in [2.24, 2.45) is 4.99 Å². The van der Waals surface area contributed by atoms with Crippen LogP contribution in [0, 0.1) is 0 Å². The molecule has 0 bridgehead atoms. The number of hydrogen-bond donors (Lipinski definition) is 2. The molecule has 0 fully saturated rings. The number of carbonyl (C=O) groups is 2. The highest BCUT2D eigenvalue weighted by molar-refractivity contribution is 5.87. The summed E-state index contributed by atoms with van der Waals surface area (Å²) < 4.78 is 0. The van der Waals surface area contributed by atoms with E-state index in [4.69, 9.17) is 0 Å². The lowest BCUT2D eigenvalue weighted by molar-refractivity contribution is -0.355. The van der Waals surface area contributed by atoms with Crippen LogP contribution in [0.4, 0.5) is 0 Å². The average Bonchev–Trinajstić information content (AvgIpc) is 1.99. The van der Waals surface area contributed by atoms with Crippen molar-refractivity contribution in [1.29, 1.82) is 0 Å². The van der Waals surface area contributed by atoms with Gasteiger partial charge in [-0.15, -0.1) is 0 Å². The van der Waals surface area contributed by atoms with Crippen molar-refractivity contribution in [3.63, 3.8) is 0 Å². The molecule has 0 aliphatic rings. The van der Waals surface area contributed by atoms with E-state index in [2.05, 4.69) is 22.8 Å². The van der Waals surface area contributed by atoms with Crippen LogP contribution < -0.4 is 11.1 Å². The maximum atomic E-state index is 10.4. The van der Waals surface area contributed by atoms with Crippen molar-refractivity contribution in [2.75, 3.05) is 13.1 Å². The van der Waals surface area contributed by atoms with Crippen LogP contribution in [0.2, 0.25) is 0 Å². The van der Waals surface area contributed by atoms with Crippen LogP contribution in [-0.2, 0) is 9.59 Å². The van der Waals surface area contributed by atoms with E-state index in [1.807, 2.05) is 0 Å². The largest absolute Gasteiger partial charge is 0.350 e. The minimum atomic E-state index is -0.443. The van der Waals surface area contributed by atoms with Gasteiger partial charge in [0, 0.05) is 0 Å². The number of nitrogens with one attached hydrogen (secondary N) is 1. The summed E-state index contributed by atoms with van der Waals surface area (Å²) in [5, 5.41) is 2.30. The Labute approximate surface area is 58.3 Å². The molecule has 0 radical (unpaired) electrons. The molecule has 0 saturated heterocycles. The highest BCUT2D eigenvalue weighted by Gasteiger charge is 2.01. The van der Waals surface area contributed by atoms with Gasteiger partial charge in [-0.25, -0.2) is 4.99 Å². The Morgan fingerprint density at radius 2 is 2.20 bits per heavy atom. The maximum absolute atomic E-state index is 10.4. The van der Waals surface area contributed by atoms with Gasteiger partial charge in [-0.3, -0.25) is 9.59 Å². The number of amides is 2. The lowest BCUT2D eigenvalue weighted by Gasteiger charge is -1.95. The Bertz CT molecular complexity index is 155. The fourth-order valence-corrected chi connectivity index (χ4v) is 0.318. The van der Waals surface area contributed by atoms with Crippen LogP contribution in [0.3, 0.4) is 0 Å². The van der Waals surface area contributed by atoms with Crippen molar-refractivity contribution in [1.82, 2.24) is 5.32 Å². The molecule has 0 aromatic rings. The van der Waals surface area contributed by atoms with Crippen molar-refractivity contribution in [2.45, 2.75) is 0 Å². The first kappa shape index (κ1) is 8.77. The maximum Gasteiger partial charge on any atom is 0.275 e. The third-order valence-electron chi connectivity index (χ3n) is 0.840. The van der Waals surface area contributed by atoms with Gasteiger partial charge < -0.3 is 11.1 Å². The lowest BCUT2D eigenvalue weighted by atomic mass is 10.5. The van der Waals surface area contributed by atoms with Gasteiger partial charge in [0.25, 0.3) is 11.8 Å². The average molecular weight is 144 g/mol. The van der Waals surface area contributed by atoms with Crippen LogP contribution in [0.25, 0.3) is 0 Å². The molecule has 0 aliphatic heterocycles. The summed E-state index contributed by atoms with van der Waals surface area (Å²) >= 11 is 0. The van der Waals surface area contributed by atoms with Crippen molar-refractivity contribution < 1.29 is 15.3 Å². The first-order valence-electron chi connectivity index (χ1n) is 2.76. The summed E-state index contributed by atoms with van der Waals surface area (Å²) in [6.45, 7) is 3.04. The molecule has 0 heterocycles. The minimum absolute atomic E-state index is 0.0855. The number of quaternary nitrogens is 1. The third kappa shape index (κ3) is 3.73. The fraction of sp³-hybridized carbons (Fsp3) is 0.400. The van der Waals surface area contributed by atoms with E-state index in [9.17, 15) is 9.59 Å². The SMILES string of the molecule is C=NC(=O)CNC(=O)C[NH3+]. The fourth-order valence-electron chi connectivity index (χ4n) is 0.318. The molecule has 0 saturated carbocycles. The number of carbonyl (C=O) groups excluding carboxylic acids is 2. The zero-order valence-corrected chi connectivity index (χ0v) is 5.59. The Morgan fingerprint density at radius 1 is 1.60 bits per heavy atom. The van der Waals surface area contributed by atoms with Gasteiger partial charge in [0.2, 0.25) is 0 Å². The third-order valence-corrected chi connectivity index (χ3v) is 0.840. The summed E-state index contributed by atoms with van der Waals surface area (Å²) in [5.74, 6) is -0.709. The molecule has 0 aromatic carbocycles. The molecule has 0 aromatic heterocycles. The van der Waals surface area contributed by atoms with Crippen LogP contribution >= 0.6 is 0 Å². The molecule has 0 unspecified atom stereocenters. The standard InChI is InChI=1S/C5H9N3O2/c1-7-5(10)3-8-4(9)2-6/h1-3,6H2,(H,8,9)/p+1. The molecular weight excluding hydrogens is 134 g/mol. The van der Waals surface area contributed by atoms with Gasteiger partial charge in [-0.1, -0.05) is 0 Å². The second-order valence-electron chi connectivity index (χ2n) is 1.58. The number of hydrogen-bond acceptors (Lipinski definition) is 2. The van der Waals surface area contributed by atoms with Gasteiger partial charge in [0.1, 0.15) is 0 Å². The van der Waals surface area contributed by atoms with Gasteiger partial charge in [-0.05, 0) is 6.72 Å². The first-order chi connectivity index (χ1) is 4.70. The van der Waals surface area contributed by atoms with E-state index < -0.39 is 5.91 Å². The normalized spacial score (nSPS) is 8.50. The molecule has 2 amide bonds. The van der Waals surface area contributed by atoms with Gasteiger partial charge >= 0.3 is 0 Å². The Morgan fingerprint density at radius 3 is 2.60 bits per heavy atom. The van der Waals surface area contributed by atoms with Crippen LogP contribution in [0.1, 0.15) is 0 Å². The summed E-state index contributed by atoms with van der Waals surface area (Å²) in [4.78, 5) is 23.9. The van der Waals surface area contributed by atoms with Gasteiger partial charge in [-0.2, -0.15) is 0 Å². The molecule has 0 atom stereocenters. The molecule has 0 rings (SSSR count). The van der Waals surface area contributed by atoms with E-state index in [-0.39, 0.29) is 19.0 Å². The smallest absolute Gasteiger partial charge is 0.275 e. The van der Waals surface area contributed by atoms with Crippen LogP contribution in [0.5, 0.6) is 0 Å². The van der Waals surface area contributed by atoms with Crippen molar-refractivity contribution in [3.8, 4) is 0 Å². The second kappa shape index (κ2) is 4.63. The Hall–Kier alpha value is -1.23. The van der Waals surface area contributed by atoms with E-state index in [1.165, 1.54) is 0 Å². The molecule has 0 spiro atoms. The molecule has 0 aliphatic carbocycles. The van der Waals surface area contributed by atoms with E-state index in [0.717, 1.165) is 0 Å². The number of rotatable bonds is 3. The molecule has 5 nitrogen and oxygen atoms in total. The summed E-state index contributed by atoms with van der Waals surface area (Å²) in [7, 11) is 0. The lowest BCUT2D eigenvalue weighted by Crippen LogP contribution is -2.57. The highest BCUT2D eigenvalue weighted by Crippen LogP contribution is 1.67. The topological polar surface area (TPSA) is 86.2 Å². The molecule has 4 N–H and O–H groups in total. The van der Waals surface area contributed by atoms with Crippen molar-refractivity contribution >= 4 is 18.5 Å². The highest BCUT2D eigenvalue weighted by atomic mass is 16.2. The Balaban J connectivity index is 3.44. The summed E-state index contributed by atoms with van der Waals surface area (Å²) in [5.41, 5.74) is 3.32. The predicted molar refractivity (Wildman–Crippen MR) is 35.3 cm³/mol. The van der Waals surface area contributed by atoms with Crippen molar-refractivity contribution in [3.05, 3.63) is 0 Å². The molecular formula is C5H10N3O2+. The van der Waals surface area contributed by atoms with E-state index in [1.54, 1.807) is 0 Å². The predicted octanol–water partition coefficient (Wildman–Crippen LogP) is -2.43. The molecule has 56 valence electrons. The summed E-state index contributed by atoms with van der Waals surface area (Å²) in [6, 6.07) is 0. The molecule has 5 heteroatoms. The van der Waals surface area contributed by atoms with Crippen LogP contribution in [0.15, 0.2) is 4.99 Å². The minimum Gasteiger partial charge on any atom is -0.350 e. The summed E-state index contributed by atoms with van der Waals surface area (Å²) in [6.07, 6.45) is 0. The quantitative estimate of drug-likeness (QED) is 0.431. The number of nitrogens with zero attached hydrogens (tertiary/aromatic N) is 1. The Kier molecular flexibility index (Phi) is 4.06.